The number of Topliss-reactive ketones (excluding diaryl/α,β-unsaturated/α-hetero) is 1. The number of allylic oxidation sites excluding steroid dienone is 3. The number of benzene rings is 1. The van der Waals surface area contributed by atoms with Crippen molar-refractivity contribution in [3.8, 4) is 6.07 Å². The number of ketones is 1. The molecule has 0 bridgehead atoms. The Bertz CT molecular complexity index is 920. The quantitative estimate of drug-likeness (QED) is 0.891. The number of ether oxygens (including phenoxy) is 1. The van der Waals surface area contributed by atoms with Crippen molar-refractivity contribution in [3.05, 3.63) is 81.1 Å². The van der Waals surface area contributed by atoms with E-state index in [0.717, 1.165) is 10.4 Å². The first-order valence-electron chi connectivity index (χ1n) is 8.11. The normalized spacial score (nSPS) is 23.1. The van der Waals surface area contributed by atoms with Crippen molar-refractivity contribution in [1.82, 2.24) is 0 Å². The fraction of sp³-hybridized carbons (Fsp3) is 0.200. The van der Waals surface area contributed by atoms with Gasteiger partial charge < -0.3 is 10.5 Å². The lowest BCUT2D eigenvalue weighted by atomic mass is 9.75. The van der Waals surface area contributed by atoms with E-state index in [-0.39, 0.29) is 17.6 Å². The van der Waals surface area contributed by atoms with Crippen molar-refractivity contribution in [3.63, 3.8) is 0 Å². The predicted molar refractivity (Wildman–Crippen MR) is 95.4 cm³/mol. The van der Waals surface area contributed by atoms with E-state index in [1.165, 1.54) is 11.3 Å². The van der Waals surface area contributed by atoms with Gasteiger partial charge in [0.15, 0.2) is 5.78 Å². The lowest BCUT2D eigenvalue weighted by Gasteiger charge is -2.33. The second-order valence-electron chi connectivity index (χ2n) is 6.22. The highest BCUT2D eigenvalue weighted by Crippen LogP contribution is 2.47. The van der Waals surface area contributed by atoms with Crippen molar-refractivity contribution >= 4 is 17.1 Å². The average molecular weight is 348 g/mol. The van der Waals surface area contributed by atoms with E-state index in [0.29, 0.717) is 29.7 Å². The second kappa shape index (κ2) is 6.23. The van der Waals surface area contributed by atoms with Crippen LogP contribution >= 0.6 is 11.3 Å². The van der Waals surface area contributed by atoms with E-state index < -0.39 is 5.92 Å². The number of rotatable bonds is 2. The van der Waals surface area contributed by atoms with Crippen LogP contribution in [0.2, 0.25) is 0 Å². The van der Waals surface area contributed by atoms with E-state index in [4.69, 9.17) is 10.5 Å². The molecule has 2 heterocycles. The van der Waals surface area contributed by atoms with Gasteiger partial charge in [-0.05, 0) is 22.9 Å². The highest BCUT2D eigenvalue weighted by atomic mass is 32.1. The van der Waals surface area contributed by atoms with Crippen LogP contribution in [0.1, 0.15) is 35.1 Å². The smallest absolute Gasteiger partial charge is 0.205 e. The summed E-state index contributed by atoms with van der Waals surface area (Å²) < 4.78 is 5.74. The van der Waals surface area contributed by atoms with Crippen LogP contribution in [0.15, 0.2) is 70.6 Å². The van der Waals surface area contributed by atoms with Crippen LogP contribution in [0.25, 0.3) is 0 Å². The molecule has 0 saturated heterocycles. The van der Waals surface area contributed by atoms with Gasteiger partial charge in [-0.3, -0.25) is 4.79 Å². The molecule has 0 radical (unpaired) electrons. The molecule has 1 aromatic carbocycles. The van der Waals surface area contributed by atoms with Crippen LogP contribution in [-0.2, 0) is 9.53 Å². The fourth-order valence-electron chi connectivity index (χ4n) is 3.61. The topological polar surface area (TPSA) is 76.1 Å². The van der Waals surface area contributed by atoms with Crippen molar-refractivity contribution in [2.24, 2.45) is 5.73 Å². The Morgan fingerprint density at radius 2 is 1.96 bits per heavy atom. The van der Waals surface area contributed by atoms with Gasteiger partial charge in [-0.2, -0.15) is 5.26 Å². The third kappa shape index (κ3) is 2.65. The summed E-state index contributed by atoms with van der Waals surface area (Å²) in [6.07, 6.45) is 1.04. The lowest BCUT2D eigenvalue weighted by Crippen LogP contribution is -2.29. The molecule has 0 unspecified atom stereocenters. The molecule has 25 heavy (non-hydrogen) atoms. The number of nitrogens with zero attached hydrogens (tertiary/aromatic N) is 1. The number of hydrogen-bond donors (Lipinski definition) is 1. The maximum absolute atomic E-state index is 13.0. The van der Waals surface area contributed by atoms with Gasteiger partial charge in [-0.15, -0.1) is 11.3 Å². The summed E-state index contributed by atoms with van der Waals surface area (Å²) in [4.78, 5) is 13.9. The van der Waals surface area contributed by atoms with Crippen molar-refractivity contribution in [1.29, 1.82) is 5.26 Å². The van der Waals surface area contributed by atoms with Gasteiger partial charge in [-0.25, -0.2) is 0 Å². The van der Waals surface area contributed by atoms with E-state index in [9.17, 15) is 10.1 Å². The summed E-state index contributed by atoms with van der Waals surface area (Å²) in [5.74, 6) is 0.431. The molecule has 5 heteroatoms. The van der Waals surface area contributed by atoms with Crippen LogP contribution in [0, 0.1) is 11.3 Å². The molecule has 1 aliphatic heterocycles. The van der Waals surface area contributed by atoms with Gasteiger partial charge >= 0.3 is 0 Å². The molecule has 0 spiro atoms. The van der Waals surface area contributed by atoms with Crippen LogP contribution in [0.4, 0.5) is 0 Å². The molecule has 1 aromatic heterocycles. The van der Waals surface area contributed by atoms with Crippen LogP contribution in [0.5, 0.6) is 0 Å². The minimum absolute atomic E-state index is 0.0359. The molecule has 0 saturated carbocycles. The van der Waals surface area contributed by atoms with Crippen LogP contribution in [-0.4, -0.2) is 5.78 Å². The zero-order chi connectivity index (χ0) is 17.4. The maximum atomic E-state index is 13.0. The minimum atomic E-state index is -0.405. The summed E-state index contributed by atoms with van der Waals surface area (Å²) in [5, 5.41) is 11.5. The molecule has 2 N–H and O–H groups in total. The standard InChI is InChI=1S/C20H16N2O2S/c21-11-14-18(17-7-4-8-25-17)19-15(23)9-13(10-16(19)24-20(14)22)12-5-2-1-3-6-12/h1-8,13,18H,9-10,22H2/t13-,18+/m1/s1. The number of nitrogens with two attached hydrogens (primary N) is 1. The molecule has 1 aliphatic carbocycles. The highest BCUT2D eigenvalue weighted by molar-refractivity contribution is 7.10. The molecule has 4 nitrogen and oxygen atoms in total. The monoisotopic (exact) mass is 348 g/mol. The number of carbonyl (C=O) groups is 1. The molecular weight excluding hydrogens is 332 g/mol. The summed E-state index contributed by atoms with van der Waals surface area (Å²) >= 11 is 1.52. The number of nitriles is 1. The number of hydrogen-bond acceptors (Lipinski definition) is 5. The molecule has 2 atom stereocenters. The Morgan fingerprint density at radius 1 is 1.16 bits per heavy atom. The van der Waals surface area contributed by atoms with Gasteiger partial charge in [0.05, 0.1) is 5.92 Å². The fourth-order valence-corrected chi connectivity index (χ4v) is 4.45. The molecule has 0 fully saturated rings. The summed E-state index contributed by atoms with van der Waals surface area (Å²) in [7, 11) is 0. The summed E-state index contributed by atoms with van der Waals surface area (Å²) in [6.45, 7) is 0. The molecule has 0 amide bonds. The SMILES string of the molecule is N#CC1=C(N)OC2=C(C(=O)C[C@@H](c3ccccc3)C2)[C@@H]1c1cccs1. The predicted octanol–water partition coefficient (Wildman–Crippen LogP) is 3.96. The van der Waals surface area contributed by atoms with Crippen molar-refractivity contribution in [2.45, 2.75) is 24.7 Å². The highest BCUT2D eigenvalue weighted by Gasteiger charge is 2.41. The van der Waals surface area contributed by atoms with Gasteiger partial charge in [0.25, 0.3) is 0 Å². The third-order valence-electron chi connectivity index (χ3n) is 4.76. The minimum Gasteiger partial charge on any atom is -0.444 e. The first kappa shape index (κ1) is 15.7. The molecule has 2 aromatic rings. The van der Waals surface area contributed by atoms with E-state index in [2.05, 4.69) is 6.07 Å². The van der Waals surface area contributed by atoms with Crippen molar-refractivity contribution < 1.29 is 9.53 Å². The van der Waals surface area contributed by atoms with Gasteiger partial charge in [-0.1, -0.05) is 36.4 Å². The largest absolute Gasteiger partial charge is 0.444 e. The Kier molecular flexibility index (Phi) is 3.90. The van der Waals surface area contributed by atoms with Gasteiger partial charge in [0.2, 0.25) is 5.88 Å². The summed E-state index contributed by atoms with van der Waals surface area (Å²) in [5.41, 5.74) is 8.06. The Labute approximate surface area is 149 Å². The van der Waals surface area contributed by atoms with Crippen molar-refractivity contribution in [2.75, 3.05) is 0 Å². The summed E-state index contributed by atoms with van der Waals surface area (Å²) in [6, 6.07) is 16.0. The molecular formula is C20H16N2O2S. The average Bonchev–Trinajstić information content (AvgIpc) is 3.15. The van der Waals surface area contributed by atoms with Crippen LogP contribution < -0.4 is 5.73 Å². The number of thiophene rings is 1. The molecule has 124 valence electrons. The first-order valence-corrected chi connectivity index (χ1v) is 8.99. The lowest BCUT2D eigenvalue weighted by molar-refractivity contribution is -0.117. The third-order valence-corrected chi connectivity index (χ3v) is 5.70. The Morgan fingerprint density at radius 3 is 2.64 bits per heavy atom. The van der Waals surface area contributed by atoms with Gasteiger partial charge in [0, 0.05) is 23.3 Å². The van der Waals surface area contributed by atoms with E-state index in [1.54, 1.807) is 0 Å². The van der Waals surface area contributed by atoms with E-state index >= 15 is 0 Å². The number of carbonyl (C=O) groups excluding carboxylic acids is 1. The zero-order valence-electron chi connectivity index (χ0n) is 13.4. The Balaban J connectivity index is 1.78. The van der Waals surface area contributed by atoms with Gasteiger partial charge in [0.1, 0.15) is 17.4 Å². The van der Waals surface area contributed by atoms with E-state index in [1.807, 2.05) is 47.8 Å². The molecule has 2 aliphatic rings. The van der Waals surface area contributed by atoms with Crippen LogP contribution in [0.3, 0.4) is 0 Å². The molecule has 4 rings (SSSR count). The zero-order valence-corrected chi connectivity index (χ0v) is 14.3. The second-order valence-corrected chi connectivity index (χ2v) is 7.20. The maximum Gasteiger partial charge on any atom is 0.205 e. The first-order chi connectivity index (χ1) is 12.2. The Hall–Kier alpha value is -2.84.